The third kappa shape index (κ3) is 2.25. The van der Waals surface area contributed by atoms with Gasteiger partial charge in [-0.25, -0.2) is 4.79 Å². The minimum Gasteiger partial charge on any atom is -0.446 e. The Labute approximate surface area is 115 Å². The molecule has 2 aromatic rings. The lowest BCUT2D eigenvalue weighted by atomic mass is 9.94. The van der Waals surface area contributed by atoms with Crippen LogP contribution in [0.4, 0.5) is 0 Å². The Morgan fingerprint density at radius 2 is 1.80 bits per heavy atom. The van der Waals surface area contributed by atoms with E-state index < -0.39 is 12.1 Å². The Bertz CT molecular complexity index is 628. The zero-order valence-corrected chi connectivity index (χ0v) is 10.5. The maximum absolute atomic E-state index is 12.0. The molecule has 3 rings (SSSR count). The van der Waals surface area contributed by atoms with Gasteiger partial charge in [0, 0.05) is 12.4 Å². The molecule has 2 heterocycles. The van der Waals surface area contributed by atoms with E-state index in [2.05, 4.69) is 10.3 Å². The third-order valence-electron chi connectivity index (χ3n) is 3.17. The molecule has 2 atom stereocenters. The summed E-state index contributed by atoms with van der Waals surface area (Å²) in [6.45, 7) is 0. The Balaban J connectivity index is 1.73. The number of pyridine rings is 1. The van der Waals surface area contributed by atoms with Crippen molar-refractivity contribution in [1.29, 1.82) is 0 Å². The average Bonchev–Trinajstić information content (AvgIpc) is 2.51. The third-order valence-corrected chi connectivity index (χ3v) is 3.17. The van der Waals surface area contributed by atoms with Crippen LogP contribution in [0.15, 0.2) is 54.9 Å². The molecule has 1 aliphatic heterocycles. The van der Waals surface area contributed by atoms with Crippen molar-refractivity contribution in [1.82, 2.24) is 10.3 Å². The maximum Gasteiger partial charge on any atom is 0.338 e. The minimum absolute atomic E-state index is 0.281. The molecular weight excluding hydrogens is 256 g/mol. The van der Waals surface area contributed by atoms with Crippen molar-refractivity contribution < 1.29 is 14.3 Å². The molecule has 1 amide bonds. The van der Waals surface area contributed by atoms with Gasteiger partial charge in [-0.15, -0.1) is 0 Å². The van der Waals surface area contributed by atoms with E-state index in [9.17, 15) is 9.59 Å². The summed E-state index contributed by atoms with van der Waals surface area (Å²) in [5.41, 5.74) is 1.30. The number of benzene rings is 1. The Kier molecular flexibility index (Phi) is 3.16. The number of carbonyl (C=O) groups is 2. The molecule has 1 aliphatic rings. The minimum atomic E-state index is -0.787. The number of aromatic nitrogens is 1. The number of esters is 1. The second kappa shape index (κ2) is 5.13. The lowest BCUT2D eigenvalue weighted by Gasteiger charge is -2.36. The second-order valence-corrected chi connectivity index (χ2v) is 4.46. The van der Waals surface area contributed by atoms with Crippen molar-refractivity contribution in [3.63, 3.8) is 0 Å². The second-order valence-electron chi connectivity index (χ2n) is 4.46. The highest BCUT2D eigenvalue weighted by Crippen LogP contribution is 2.27. The van der Waals surface area contributed by atoms with Crippen LogP contribution in [0.5, 0.6) is 0 Å². The van der Waals surface area contributed by atoms with E-state index >= 15 is 0 Å². The first-order chi connectivity index (χ1) is 9.75. The summed E-state index contributed by atoms with van der Waals surface area (Å²) < 4.78 is 5.28. The van der Waals surface area contributed by atoms with Crippen molar-refractivity contribution in [3.05, 3.63) is 66.0 Å². The standard InChI is InChI=1S/C15H12N2O3/c18-14-13(12(17-14)10-6-8-16-9-7-10)20-15(19)11-4-2-1-3-5-11/h1-9,12-13H,(H,17,18)/t12-,13-/m0/s1. The summed E-state index contributed by atoms with van der Waals surface area (Å²) in [5.74, 6) is -0.777. The molecule has 0 saturated carbocycles. The van der Waals surface area contributed by atoms with Crippen LogP contribution >= 0.6 is 0 Å². The molecule has 100 valence electrons. The van der Waals surface area contributed by atoms with Crippen molar-refractivity contribution in [2.45, 2.75) is 12.1 Å². The van der Waals surface area contributed by atoms with E-state index in [4.69, 9.17) is 4.74 Å². The van der Waals surface area contributed by atoms with Gasteiger partial charge in [0.15, 0.2) is 0 Å². The fourth-order valence-corrected chi connectivity index (χ4v) is 2.07. The van der Waals surface area contributed by atoms with Crippen LogP contribution in [-0.4, -0.2) is 23.0 Å². The van der Waals surface area contributed by atoms with E-state index in [0.717, 1.165) is 5.56 Å². The van der Waals surface area contributed by atoms with Gasteiger partial charge in [-0.2, -0.15) is 0 Å². The summed E-state index contributed by atoms with van der Waals surface area (Å²) in [4.78, 5) is 27.5. The number of hydrogen-bond acceptors (Lipinski definition) is 4. The van der Waals surface area contributed by atoms with Crippen LogP contribution < -0.4 is 5.32 Å². The summed E-state index contributed by atoms with van der Waals surface area (Å²) in [6.07, 6.45) is 2.48. The molecule has 0 unspecified atom stereocenters. The molecule has 0 aliphatic carbocycles. The summed E-state index contributed by atoms with van der Waals surface area (Å²) in [7, 11) is 0. The predicted octanol–water partition coefficient (Wildman–Crippen LogP) is 1.48. The lowest BCUT2D eigenvalue weighted by molar-refractivity contribution is -0.143. The van der Waals surface area contributed by atoms with Crippen molar-refractivity contribution in [2.24, 2.45) is 0 Å². The van der Waals surface area contributed by atoms with Crippen LogP contribution in [0.2, 0.25) is 0 Å². The Morgan fingerprint density at radius 1 is 1.10 bits per heavy atom. The molecule has 1 N–H and O–H groups in total. The number of nitrogens with zero attached hydrogens (tertiary/aromatic N) is 1. The van der Waals surface area contributed by atoms with Gasteiger partial charge in [0.25, 0.3) is 5.91 Å². The molecule has 1 saturated heterocycles. The molecule has 20 heavy (non-hydrogen) atoms. The lowest BCUT2D eigenvalue weighted by Crippen LogP contribution is -2.57. The van der Waals surface area contributed by atoms with Gasteiger partial charge in [0.05, 0.1) is 5.56 Å². The Hall–Kier alpha value is -2.69. The van der Waals surface area contributed by atoms with E-state index in [1.54, 1.807) is 48.8 Å². The zero-order valence-electron chi connectivity index (χ0n) is 10.5. The maximum atomic E-state index is 12.0. The fourth-order valence-electron chi connectivity index (χ4n) is 2.07. The number of ether oxygens (including phenoxy) is 1. The normalized spacial score (nSPS) is 20.7. The van der Waals surface area contributed by atoms with Gasteiger partial charge in [0.1, 0.15) is 6.04 Å². The first kappa shape index (κ1) is 12.3. The van der Waals surface area contributed by atoms with E-state index in [1.807, 2.05) is 6.07 Å². The van der Waals surface area contributed by atoms with Gasteiger partial charge in [-0.05, 0) is 29.8 Å². The molecule has 0 bridgehead atoms. The van der Waals surface area contributed by atoms with Gasteiger partial charge < -0.3 is 10.1 Å². The van der Waals surface area contributed by atoms with E-state index in [0.29, 0.717) is 5.56 Å². The first-order valence-electron chi connectivity index (χ1n) is 6.22. The highest BCUT2D eigenvalue weighted by atomic mass is 16.6. The number of amides is 1. The summed E-state index contributed by atoms with van der Waals surface area (Å²) >= 11 is 0. The molecule has 0 radical (unpaired) electrons. The summed E-state index contributed by atoms with van der Waals surface area (Å²) in [5, 5.41) is 2.72. The topological polar surface area (TPSA) is 68.3 Å². The number of β-lactam (4-membered cyclic amide) rings is 1. The average molecular weight is 268 g/mol. The van der Waals surface area contributed by atoms with Crippen LogP contribution in [0.3, 0.4) is 0 Å². The quantitative estimate of drug-likeness (QED) is 0.676. The number of hydrogen-bond donors (Lipinski definition) is 1. The van der Waals surface area contributed by atoms with Crippen molar-refractivity contribution in [3.8, 4) is 0 Å². The van der Waals surface area contributed by atoms with Crippen molar-refractivity contribution in [2.75, 3.05) is 0 Å². The SMILES string of the molecule is O=C(O[C@@H]1C(=O)N[C@H]1c1ccncc1)c1ccccc1. The molecular formula is C15H12N2O3. The highest BCUT2D eigenvalue weighted by Gasteiger charge is 2.43. The van der Waals surface area contributed by atoms with Crippen LogP contribution in [-0.2, 0) is 9.53 Å². The number of rotatable bonds is 3. The Morgan fingerprint density at radius 3 is 2.45 bits per heavy atom. The van der Waals surface area contributed by atoms with Crippen LogP contribution in [0, 0.1) is 0 Å². The monoisotopic (exact) mass is 268 g/mol. The van der Waals surface area contributed by atoms with Gasteiger partial charge in [-0.3, -0.25) is 9.78 Å². The fraction of sp³-hybridized carbons (Fsp3) is 0.133. The number of nitrogens with one attached hydrogen (secondary N) is 1. The predicted molar refractivity (Wildman–Crippen MR) is 70.8 cm³/mol. The van der Waals surface area contributed by atoms with Gasteiger partial charge in [-0.1, -0.05) is 18.2 Å². The smallest absolute Gasteiger partial charge is 0.338 e. The summed E-state index contributed by atoms with van der Waals surface area (Å²) in [6, 6.07) is 11.9. The molecule has 1 fully saturated rings. The van der Waals surface area contributed by atoms with Gasteiger partial charge in [0.2, 0.25) is 6.10 Å². The molecule has 5 heteroatoms. The van der Waals surface area contributed by atoms with Gasteiger partial charge >= 0.3 is 5.97 Å². The molecule has 5 nitrogen and oxygen atoms in total. The highest BCUT2D eigenvalue weighted by molar-refractivity contribution is 5.95. The van der Waals surface area contributed by atoms with Crippen LogP contribution in [0.1, 0.15) is 22.0 Å². The molecule has 1 aromatic carbocycles. The van der Waals surface area contributed by atoms with Crippen molar-refractivity contribution >= 4 is 11.9 Å². The van der Waals surface area contributed by atoms with Crippen LogP contribution in [0.25, 0.3) is 0 Å². The first-order valence-corrected chi connectivity index (χ1v) is 6.22. The molecule has 0 spiro atoms. The largest absolute Gasteiger partial charge is 0.446 e. The van der Waals surface area contributed by atoms with E-state index in [-0.39, 0.29) is 11.9 Å². The van der Waals surface area contributed by atoms with E-state index in [1.165, 1.54) is 0 Å². The molecule has 1 aromatic heterocycles. The zero-order chi connectivity index (χ0) is 13.9. The number of carbonyl (C=O) groups excluding carboxylic acids is 2.